The molecule has 3 rings (SSSR count). The van der Waals surface area contributed by atoms with Crippen LogP contribution in [-0.2, 0) is 11.2 Å². The van der Waals surface area contributed by atoms with Crippen molar-refractivity contribution in [3.63, 3.8) is 0 Å². The van der Waals surface area contributed by atoms with Crippen LogP contribution >= 0.6 is 0 Å². The summed E-state index contributed by atoms with van der Waals surface area (Å²) in [4.78, 5) is 14.4. The largest absolute Gasteiger partial charge is 0.496 e. The Hall–Kier alpha value is -1.75. The molecule has 0 aromatic heterocycles. The zero-order valence-electron chi connectivity index (χ0n) is 14.9. The van der Waals surface area contributed by atoms with Crippen LogP contribution in [0.5, 0.6) is 5.75 Å². The van der Waals surface area contributed by atoms with Crippen molar-refractivity contribution >= 4 is 11.7 Å². The van der Waals surface area contributed by atoms with Crippen LogP contribution < -0.4 is 10.1 Å². The number of urea groups is 1. The molecule has 1 saturated carbocycles. The molecule has 1 N–H and O–H groups in total. The zero-order valence-corrected chi connectivity index (χ0v) is 14.9. The zero-order chi connectivity index (χ0) is 17.2. The highest BCUT2D eigenvalue weighted by atomic mass is 16.5. The fraction of sp³-hybridized carbons (Fsp3) is 0.632. The molecule has 2 amide bonds. The minimum atomic E-state index is -0.0349. The van der Waals surface area contributed by atoms with Gasteiger partial charge in [0.25, 0.3) is 0 Å². The molecule has 1 aromatic carbocycles. The van der Waals surface area contributed by atoms with Gasteiger partial charge < -0.3 is 19.7 Å². The second-order valence-electron chi connectivity index (χ2n) is 7.09. The monoisotopic (exact) mass is 332 g/mol. The van der Waals surface area contributed by atoms with E-state index in [4.69, 9.17) is 9.47 Å². The fourth-order valence-corrected chi connectivity index (χ4v) is 3.95. The van der Waals surface area contributed by atoms with Crippen molar-refractivity contribution in [1.82, 2.24) is 4.90 Å². The number of carbonyl (C=O) groups excluding carboxylic acids is 1. The number of benzene rings is 1. The Morgan fingerprint density at radius 1 is 1.33 bits per heavy atom. The molecule has 0 unspecified atom stereocenters. The number of methoxy groups -OCH3 is 2. The van der Waals surface area contributed by atoms with E-state index in [0.29, 0.717) is 5.92 Å². The lowest BCUT2D eigenvalue weighted by atomic mass is 9.61. The standard InChI is InChI=1S/C19H28N2O3/c1-4-14-8-9-16(10-17(14)24-3)20-18(22)21-11-19(12-21,13-23-2)15-6-5-7-15/h8-10,15H,4-7,11-13H2,1-3H3,(H,20,22). The van der Waals surface area contributed by atoms with Gasteiger partial charge in [0.15, 0.2) is 0 Å². The maximum Gasteiger partial charge on any atom is 0.321 e. The molecule has 0 spiro atoms. The topological polar surface area (TPSA) is 50.8 Å². The molecule has 0 atom stereocenters. The van der Waals surface area contributed by atoms with Crippen molar-refractivity contribution in [3.05, 3.63) is 23.8 Å². The maximum atomic E-state index is 12.5. The molecule has 0 radical (unpaired) electrons. The number of amides is 2. The van der Waals surface area contributed by atoms with Crippen molar-refractivity contribution in [2.75, 3.05) is 39.2 Å². The van der Waals surface area contributed by atoms with Gasteiger partial charge in [0.2, 0.25) is 0 Å². The van der Waals surface area contributed by atoms with E-state index in [9.17, 15) is 4.79 Å². The van der Waals surface area contributed by atoms with Gasteiger partial charge in [0, 0.05) is 37.4 Å². The van der Waals surface area contributed by atoms with E-state index >= 15 is 0 Å². The van der Waals surface area contributed by atoms with Gasteiger partial charge in [-0.3, -0.25) is 0 Å². The number of nitrogens with one attached hydrogen (secondary N) is 1. The number of hydrogen-bond donors (Lipinski definition) is 1. The van der Waals surface area contributed by atoms with Gasteiger partial charge in [-0.25, -0.2) is 4.79 Å². The molecule has 1 aliphatic heterocycles. The van der Waals surface area contributed by atoms with E-state index in [1.807, 2.05) is 23.1 Å². The van der Waals surface area contributed by atoms with Crippen LogP contribution in [0.3, 0.4) is 0 Å². The fourth-order valence-electron chi connectivity index (χ4n) is 3.95. The van der Waals surface area contributed by atoms with Crippen molar-refractivity contribution < 1.29 is 14.3 Å². The number of ether oxygens (including phenoxy) is 2. The van der Waals surface area contributed by atoms with Crippen molar-refractivity contribution in [2.45, 2.75) is 32.6 Å². The van der Waals surface area contributed by atoms with Gasteiger partial charge in [-0.05, 0) is 36.8 Å². The first-order valence-electron chi connectivity index (χ1n) is 8.83. The summed E-state index contributed by atoms with van der Waals surface area (Å²) in [6, 6.07) is 5.80. The summed E-state index contributed by atoms with van der Waals surface area (Å²) in [5, 5.41) is 2.99. The summed E-state index contributed by atoms with van der Waals surface area (Å²) < 4.78 is 10.8. The lowest BCUT2D eigenvalue weighted by molar-refractivity contribution is -0.0920. The van der Waals surface area contributed by atoms with Crippen LogP contribution in [0, 0.1) is 11.3 Å². The third-order valence-corrected chi connectivity index (χ3v) is 5.62. The lowest BCUT2D eigenvalue weighted by Crippen LogP contribution is -2.65. The molecule has 0 bridgehead atoms. The van der Waals surface area contributed by atoms with E-state index in [1.165, 1.54) is 19.3 Å². The number of hydrogen-bond acceptors (Lipinski definition) is 3. The highest BCUT2D eigenvalue weighted by molar-refractivity contribution is 5.90. The number of anilines is 1. The predicted octanol–water partition coefficient (Wildman–Crippen LogP) is 3.54. The molecular formula is C19H28N2O3. The summed E-state index contributed by atoms with van der Waals surface area (Å²) in [6.45, 7) is 4.43. The molecule has 1 heterocycles. The van der Waals surface area contributed by atoms with Crippen LogP contribution in [0.25, 0.3) is 0 Å². The number of rotatable bonds is 6. The van der Waals surface area contributed by atoms with Gasteiger partial charge in [-0.15, -0.1) is 0 Å². The Morgan fingerprint density at radius 2 is 2.08 bits per heavy atom. The third kappa shape index (κ3) is 3.09. The third-order valence-electron chi connectivity index (χ3n) is 5.62. The molecule has 2 fully saturated rings. The Labute approximate surface area is 144 Å². The van der Waals surface area contributed by atoms with Gasteiger partial charge in [-0.2, -0.15) is 0 Å². The summed E-state index contributed by atoms with van der Waals surface area (Å²) >= 11 is 0. The maximum absolute atomic E-state index is 12.5. The molecule has 1 aromatic rings. The number of carbonyl (C=O) groups is 1. The first kappa shape index (κ1) is 17.1. The molecule has 2 aliphatic rings. The van der Waals surface area contributed by atoms with E-state index in [-0.39, 0.29) is 11.4 Å². The smallest absolute Gasteiger partial charge is 0.321 e. The first-order chi connectivity index (χ1) is 11.6. The molecule has 24 heavy (non-hydrogen) atoms. The Kier molecular flexibility index (Phi) is 4.99. The van der Waals surface area contributed by atoms with E-state index in [2.05, 4.69) is 12.2 Å². The van der Waals surface area contributed by atoms with Gasteiger partial charge >= 0.3 is 6.03 Å². The average molecular weight is 332 g/mol. The average Bonchev–Trinajstić information content (AvgIpc) is 2.50. The van der Waals surface area contributed by atoms with E-state index < -0.39 is 0 Å². The Balaban J connectivity index is 1.60. The minimum absolute atomic E-state index is 0.0349. The molecule has 1 aliphatic carbocycles. The molecule has 1 saturated heterocycles. The van der Waals surface area contributed by atoms with E-state index in [1.54, 1.807) is 14.2 Å². The predicted molar refractivity (Wildman–Crippen MR) is 94.6 cm³/mol. The highest BCUT2D eigenvalue weighted by Gasteiger charge is 2.52. The minimum Gasteiger partial charge on any atom is -0.496 e. The van der Waals surface area contributed by atoms with Crippen LogP contribution in [0.2, 0.25) is 0 Å². The normalized spacial score (nSPS) is 19.4. The number of likely N-dealkylation sites (tertiary alicyclic amines) is 1. The van der Waals surface area contributed by atoms with Gasteiger partial charge in [0.1, 0.15) is 5.75 Å². The van der Waals surface area contributed by atoms with Crippen molar-refractivity contribution in [3.8, 4) is 5.75 Å². The molecule has 132 valence electrons. The van der Waals surface area contributed by atoms with Crippen molar-refractivity contribution in [2.24, 2.45) is 11.3 Å². The van der Waals surface area contributed by atoms with Crippen LogP contribution in [0.1, 0.15) is 31.7 Å². The van der Waals surface area contributed by atoms with E-state index in [0.717, 1.165) is 43.1 Å². The SMILES string of the molecule is CCc1ccc(NC(=O)N2CC(COC)(C3CCC3)C2)cc1OC. The summed E-state index contributed by atoms with van der Waals surface area (Å²) in [6.07, 6.45) is 4.76. The molecular weight excluding hydrogens is 304 g/mol. The number of nitrogens with zero attached hydrogens (tertiary/aromatic N) is 1. The van der Waals surface area contributed by atoms with Crippen LogP contribution in [0.15, 0.2) is 18.2 Å². The second-order valence-corrected chi connectivity index (χ2v) is 7.09. The summed E-state index contributed by atoms with van der Waals surface area (Å²) in [5.41, 5.74) is 2.10. The van der Waals surface area contributed by atoms with Crippen molar-refractivity contribution in [1.29, 1.82) is 0 Å². The van der Waals surface area contributed by atoms with Crippen LogP contribution in [-0.4, -0.2) is 44.8 Å². The summed E-state index contributed by atoms with van der Waals surface area (Å²) in [5.74, 6) is 1.53. The highest BCUT2D eigenvalue weighted by Crippen LogP contribution is 2.48. The Bertz CT molecular complexity index is 592. The Morgan fingerprint density at radius 3 is 2.62 bits per heavy atom. The number of aryl methyl sites for hydroxylation is 1. The van der Waals surface area contributed by atoms with Gasteiger partial charge in [0.05, 0.1) is 13.7 Å². The van der Waals surface area contributed by atoms with Crippen LogP contribution in [0.4, 0.5) is 10.5 Å². The van der Waals surface area contributed by atoms with Gasteiger partial charge in [-0.1, -0.05) is 19.4 Å². The lowest BCUT2D eigenvalue weighted by Gasteiger charge is -2.56. The molecule has 5 heteroatoms. The molecule has 5 nitrogen and oxygen atoms in total. The second kappa shape index (κ2) is 7.01. The summed E-state index contributed by atoms with van der Waals surface area (Å²) in [7, 11) is 3.41. The quantitative estimate of drug-likeness (QED) is 0.867. The first-order valence-corrected chi connectivity index (χ1v) is 8.83.